The number of hydrogen-bond acceptors (Lipinski definition) is 4. The third-order valence-electron chi connectivity index (χ3n) is 3.69. The summed E-state index contributed by atoms with van der Waals surface area (Å²) in [4.78, 5) is 2.23. The quantitative estimate of drug-likeness (QED) is 0.842. The summed E-state index contributed by atoms with van der Waals surface area (Å²) in [5.74, 6) is 3.03. The first-order valence-electron chi connectivity index (χ1n) is 7.23. The Balaban J connectivity index is 1.50. The van der Waals surface area contributed by atoms with Gasteiger partial charge in [0.25, 0.3) is 0 Å². The largest absolute Gasteiger partial charge is 0.469 e. The molecule has 0 radical (unpaired) electrons. The van der Waals surface area contributed by atoms with Gasteiger partial charge in [0.15, 0.2) is 0 Å². The second-order valence-electron chi connectivity index (χ2n) is 5.70. The van der Waals surface area contributed by atoms with Crippen LogP contribution >= 0.6 is 0 Å². The van der Waals surface area contributed by atoms with Crippen molar-refractivity contribution >= 4 is 0 Å². The number of nitrogens with zero attached hydrogens (tertiary/aromatic N) is 1. The van der Waals surface area contributed by atoms with Crippen LogP contribution in [-0.4, -0.2) is 18.0 Å². The van der Waals surface area contributed by atoms with Crippen LogP contribution in [0.4, 0.5) is 0 Å². The highest BCUT2D eigenvalue weighted by atomic mass is 16.3. The highest BCUT2D eigenvalue weighted by Gasteiger charge is 2.20. The van der Waals surface area contributed by atoms with Crippen molar-refractivity contribution in [1.82, 2.24) is 10.2 Å². The molecule has 0 atom stereocenters. The second kappa shape index (κ2) is 5.85. The Bertz CT molecular complexity index is 554. The predicted octanol–water partition coefficient (Wildman–Crippen LogP) is 3.07. The Labute approximate surface area is 119 Å². The molecule has 1 N–H and O–H groups in total. The molecule has 2 aromatic heterocycles. The van der Waals surface area contributed by atoms with Crippen LogP contribution in [0.15, 0.2) is 33.3 Å². The fraction of sp³-hybridized carbons (Fsp3) is 0.500. The van der Waals surface area contributed by atoms with Gasteiger partial charge >= 0.3 is 0 Å². The van der Waals surface area contributed by atoms with E-state index in [1.165, 1.54) is 18.4 Å². The van der Waals surface area contributed by atoms with E-state index in [0.717, 1.165) is 43.0 Å². The smallest absolute Gasteiger partial charge is 0.118 e. The van der Waals surface area contributed by atoms with E-state index in [9.17, 15) is 0 Å². The topological polar surface area (TPSA) is 41.6 Å². The Morgan fingerprint density at radius 3 is 2.70 bits per heavy atom. The molecular weight excluding hydrogens is 252 g/mol. The summed E-state index contributed by atoms with van der Waals surface area (Å²) in [5, 5.41) is 3.46. The second-order valence-corrected chi connectivity index (χ2v) is 5.70. The lowest BCUT2D eigenvalue weighted by Gasteiger charge is -2.14. The summed E-state index contributed by atoms with van der Waals surface area (Å²) in [6, 6.07) is 6.89. The van der Waals surface area contributed by atoms with Gasteiger partial charge in [-0.15, -0.1) is 0 Å². The molecule has 3 rings (SSSR count). The van der Waals surface area contributed by atoms with Crippen LogP contribution in [0.25, 0.3) is 0 Å². The summed E-state index contributed by atoms with van der Waals surface area (Å²) in [6.45, 7) is 4.53. The average molecular weight is 274 g/mol. The zero-order valence-corrected chi connectivity index (χ0v) is 12.2. The van der Waals surface area contributed by atoms with Gasteiger partial charge in [0.2, 0.25) is 0 Å². The molecule has 0 unspecified atom stereocenters. The lowest BCUT2D eigenvalue weighted by molar-refractivity contribution is 0.281. The van der Waals surface area contributed by atoms with Crippen molar-refractivity contribution in [3.63, 3.8) is 0 Å². The zero-order chi connectivity index (χ0) is 13.9. The van der Waals surface area contributed by atoms with Gasteiger partial charge in [0, 0.05) is 18.2 Å². The normalized spacial score (nSPS) is 15.2. The van der Waals surface area contributed by atoms with E-state index >= 15 is 0 Å². The first-order valence-corrected chi connectivity index (χ1v) is 7.23. The molecule has 108 valence electrons. The van der Waals surface area contributed by atoms with Crippen LogP contribution in [0.1, 0.15) is 35.7 Å². The van der Waals surface area contributed by atoms with Gasteiger partial charge in [-0.25, -0.2) is 0 Å². The van der Waals surface area contributed by atoms with Crippen molar-refractivity contribution in [3.05, 3.63) is 47.3 Å². The van der Waals surface area contributed by atoms with Crippen molar-refractivity contribution in [2.45, 2.75) is 45.4 Å². The zero-order valence-electron chi connectivity index (χ0n) is 12.2. The Kier molecular flexibility index (Phi) is 3.94. The number of rotatable bonds is 7. The van der Waals surface area contributed by atoms with E-state index in [4.69, 9.17) is 8.83 Å². The van der Waals surface area contributed by atoms with Crippen molar-refractivity contribution in [2.24, 2.45) is 0 Å². The summed E-state index contributed by atoms with van der Waals surface area (Å²) in [5.41, 5.74) is 1.23. The van der Waals surface area contributed by atoms with Gasteiger partial charge in [-0.1, -0.05) is 0 Å². The van der Waals surface area contributed by atoms with E-state index in [2.05, 4.69) is 29.4 Å². The maximum Gasteiger partial charge on any atom is 0.118 e. The summed E-state index contributed by atoms with van der Waals surface area (Å²) in [7, 11) is 2.09. The number of nitrogens with one attached hydrogen (secondary N) is 1. The van der Waals surface area contributed by atoms with E-state index in [0.29, 0.717) is 0 Å². The number of furan rings is 2. The van der Waals surface area contributed by atoms with Gasteiger partial charge in [-0.05, 0) is 45.0 Å². The summed E-state index contributed by atoms with van der Waals surface area (Å²) in [6.07, 6.45) is 4.35. The standard InChI is InChI=1S/C16H22N2O2/c1-12-13(7-8-19-12)10-18(2)11-16-6-5-15(20-16)9-17-14-3-4-14/h5-8,14,17H,3-4,9-11H2,1-2H3. The van der Waals surface area contributed by atoms with E-state index < -0.39 is 0 Å². The molecule has 4 heteroatoms. The third kappa shape index (κ3) is 3.52. The maximum atomic E-state index is 5.85. The molecule has 2 aromatic rings. The lowest BCUT2D eigenvalue weighted by atomic mass is 10.2. The predicted molar refractivity (Wildman–Crippen MR) is 77.2 cm³/mol. The Morgan fingerprint density at radius 2 is 2.00 bits per heavy atom. The lowest BCUT2D eigenvalue weighted by Crippen LogP contribution is -2.17. The van der Waals surface area contributed by atoms with Crippen molar-refractivity contribution in [1.29, 1.82) is 0 Å². The minimum atomic E-state index is 0.718. The average Bonchev–Trinajstić information content (AvgIpc) is 3.02. The van der Waals surface area contributed by atoms with Gasteiger partial charge in [0.05, 0.1) is 19.4 Å². The minimum Gasteiger partial charge on any atom is -0.469 e. The third-order valence-corrected chi connectivity index (χ3v) is 3.69. The maximum absolute atomic E-state index is 5.85. The molecule has 1 saturated carbocycles. The molecule has 1 aliphatic rings. The van der Waals surface area contributed by atoms with Crippen molar-refractivity contribution in [2.75, 3.05) is 7.05 Å². The van der Waals surface area contributed by atoms with Crippen LogP contribution in [0.2, 0.25) is 0 Å². The highest BCUT2D eigenvalue weighted by molar-refractivity contribution is 5.15. The van der Waals surface area contributed by atoms with E-state index in [1.54, 1.807) is 6.26 Å². The Morgan fingerprint density at radius 1 is 1.20 bits per heavy atom. The molecular formula is C16H22N2O2. The summed E-state index contributed by atoms with van der Waals surface area (Å²) >= 11 is 0. The van der Waals surface area contributed by atoms with E-state index in [-0.39, 0.29) is 0 Å². The fourth-order valence-electron chi connectivity index (χ4n) is 2.32. The van der Waals surface area contributed by atoms with Gasteiger partial charge in [0.1, 0.15) is 17.3 Å². The van der Waals surface area contributed by atoms with Crippen LogP contribution in [0, 0.1) is 6.92 Å². The van der Waals surface area contributed by atoms with E-state index in [1.807, 2.05) is 13.0 Å². The molecule has 0 aromatic carbocycles. The van der Waals surface area contributed by atoms with Gasteiger partial charge in [-0.3, -0.25) is 4.90 Å². The van der Waals surface area contributed by atoms with Crippen LogP contribution in [0.5, 0.6) is 0 Å². The van der Waals surface area contributed by atoms with Crippen molar-refractivity contribution in [3.8, 4) is 0 Å². The Hall–Kier alpha value is -1.52. The monoisotopic (exact) mass is 274 g/mol. The van der Waals surface area contributed by atoms with Crippen molar-refractivity contribution < 1.29 is 8.83 Å². The molecule has 1 fully saturated rings. The minimum absolute atomic E-state index is 0.718. The molecule has 0 saturated heterocycles. The highest BCUT2D eigenvalue weighted by Crippen LogP contribution is 2.20. The van der Waals surface area contributed by atoms with Crippen LogP contribution in [0.3, 0.4) is 0 Å². The number of hydrogen-bond donors (Lipinski definition) is 1. The first-order chi connectivity index (χ1) is 9.70. The molecule has 0 bridgehead atoms. The molecule has 20 heavy (non-hydrogen) atoms. The molecule has 0 spiro atoms. The first kappa shape index (κ1) is 13.5. The van der Waals surface area contributed by atoms with Crippen LogP contribution in [-0.2, 0) is 19.6 Å². The van der Waals surface area contributed by atoms with Gasteiger partial charge in [-0.2, -0.15) is 0 Å². The van der Waals surface area contributed by atoms with Gasteiger partial charge < -0.3 is 14.2 Å². The number of aryl methyl sites for hydroxylation is 1. The summed E-state index contributed by atoms with van der Waals surface area (Å²) < 4.78 is 11.2. The van der Waals surface area contributed by atoms with Crippen LogP contribution < -0.4 is 5.32 Å². The molecule has 2 heterocycles. The fourth-order valence-corrected chi connectivity index (χ4v) is 2.32. The molecule has 0 amide bonds. The molecule has 0 aliphatic heterocycles. The SMILES string of the molecule is Cc1occc1CN(C)Cc1ccc(CNC2CC2)o1. The molecule has 1 aliphatic carbocycles. The molecule has 4 nitrogen and oxygen atoms in total.